The Labute approximate surface area is 97.0 Å². The molecule has 86 valence electrons. The van der Waals surface area contributed by atoms with Gasteiger partial charge in [-0.25, -0.2) is 4.79 Å². The van der Waals surface area contributed by atoms with Gasteiger partial charge in [0.05, 0.1) is 23.4 Å². The molecular weight excluding hydrogens is 234 g/mol. The van der Waals surface area contributed by atoms with Crippen LogP contribution in [0.15, 0.2) is 18.2 Å². The summed E-state index contributed by atoms with van der Waals surface area (Å²) in [7, 11) is 1.26. The molecule has 5 nitrogen and oxygen atoms in total. The smallest absolute Gasteiger partial charge is 0.335 e. The van der Waals surface area contributed by atoms with Crippen molar-refractivity contribution in [2.45, 2.75) is 0 Å². The number of hydrogen-bond acceptors (Lipinski definition) is 4. The number of nitrogens with one attached hydrogen (secondary N) is 1. The number of carbonyl (C=O) groups excluding carboxylic acids is 1. The van der Waals surface area contributed by atoms with Gasteiger partial charge in [0, 0.05) is 0 Å². The molecule has 0 aliphatic rings. The molecule has 0 heterocycles. The van der Waals surface area contributed by atoms with Crippen molar-refractivity contribution in [3.05, 3.63) is 28.8 Å². The topological polar surface area (TPSA) is 75.6 Å². The Bertz CT molecular complexity index is 419. The van der Waals surface area contributed by atoms with Gasteiger partial charge < -0.3 is 15.2 Å². The fraction of sp³-hybridized carbons (Fsp3) is 0.200. The number of carboxylic acids is 1. The van der Waals surface area contributed by atoms with Gasteiger partial charge in [-0.15, -0.1) is 0 Å². The van der Waals surface area contributed by atoms with Gasteiger partial charge in [0.2, 0.25) is 0 Å². The van der Waals surface area contributed by atoms with Crippen LogP contribution in [0.2, 0.25) is 5.02 Å². The van der Waals surface area contributed by atoms with Gasteiger partial charge in [-0.1, -0.05) is 11.6 Å². The summed E-state index contributed by atoms with van der Waals surface area (Å²) in [6.45, 7) is -0.0701. The second-order valence-corrected chi connectivity index (χ2v) is 3.34. The minimum Gasteiger partial charge on any atom is -0.478 e. The molecule has 0 aliphatic heterocycles. The number of methoxy groups -OCH3 is 1. The molecule has 0 aromatic heterocycles. The van der Waals surface area contributed by atoms with Crippen molar-refractivity contribution in [1.29, 1.82) is 0 Å². The summed E-state index contributed by atoms with van der Waals surface area (Å²) in [4.78, 5) is 21.6. The van der Waals surface area contributed by atoms with E-state index >= 15 is 0 Å². The lowest BCUT2D eigenvalue weighted by molar-refractivity contribution is -0.138. The van der Waals surface area contributed by atoms with E-state index in [9.17, 15) is 9.59 Å². The summed E-state index contributed by atoms with van der Waals surface area (Å²) < 4.78 is 4.43. The maximum absolute atomic E-state index is 10.9. The Hall–Kier alpha value is -1.75. The zero-order valence-electron chi connectivity index (χ0n) is 8.49. The highest BCUT2D eigenvalue weighted by atomic mass is 35.5. The van der Waals surface area contributed by atoms with Crippen LogP contribution >= 0.6 is 11.6 Å². The SMILES string of the molecule is COC(=O)CNc1cc(C(=O)O)ccc1Cl. The molecule has 0 aliphatic carbocycles. The molecule has 16 heavy (non-hydrogen) atoms. The zero-order chi connectivity index (χ0) is 12.1. The number of carboxylic acid groups (broad SMARTS) is 1. The molecule has 0 saturated carbocycles. The zero-order valence-corrected chi connectivity index (χ0v) is 9.25. The summed E-state index contributed by atoms with van der Waals surface area (Å²) in [6.07, 6.45) is 0. The molecule has 2 N–H and O–H groups in total. The number of carbonyl (C=O) groups is 2. The van der Waals surface area contributed by atoms with Crippen molar-refractivity contribution in [3.8, 4) is 0 Å². The highest BCUT2D eigenvalue weighted by molar-refractivity contribution is 6.33. The van der Waals surface area contributed by atoms with Gasteiger partial charge >= 0.3 is 11.9 Å². The number of halogens is 1. The Morgan fingerprint density at radius 3 is 2.75 bits per heavy atom. The normalized spacial score (nSPS) is 9.62. The summed E-state index contributed by atoms with van der Waals surface area (Å²) in [5.74, 6) is -1.52. The number of esters is 1. The standard InChI is InChI=1S/C10H10ClNO4/c1-16-9(13)5-12-8-4-6(10(14)15)2-3-7(8)11/h2-4,12H,5H2,1H3,(H,14,15). The first-order chi connectivity index (χ1) is 7.54. The Balaban J connectivity index is 2.82. The minimum absolute atomic E-state index is 0.0701. The fourth-order valence-corrected chi connectivity index (χ4v) is 1.22. The van der Waals surface area contributed by atoms with Crippen LogP contribution in [0, 0.1) is 0 Å². The number of ether oxygens (including phenoxy) is 1. The van der Waals surface area contributed by atoms with E-state index in [2.05, 4.69) is 10.1 Å². The summed E-state index contributed by atoms with van der Waals surface area (Å²) in [6, 6.07) is 4.19. The summed E-state index contributed by atoms with van der Waals surface area (Å²) in [5.41, 5.74) is 0.476. The molecule has 0 bridgehead atoms. The van der Waals surface area contributed by atoms with Crippen molar-refractivity contribution >= 4 is 29.2 Å². The first-order valence-electron chi connectivity index (χ1n) is 4.38. The predicted octanol–water partition coefficient (Wildman–Crippen LogP) is 1.62. The monoisotopic (exact) mass is 243 g/mol. The van der Waals surface area contributed by atoms with Crippen LogP contribution < -0.4 is 5.32 Å². The van der Waals surface area contributed by atoms with Crippen LogP contribution in [-0.4, -0.2) is 30.7 Å². The van der Waals surface area contributed by atoms with Gasteiger partial charge in [0.1, 0.15) is 6.54 Å². The van der Waals surface area contributed by atoms with E-state index in [4.69, 9.17) is 16.7 Å². The molecule has 1 aromatic carbocycles. The predicted molar refractivity (Wildman–Crippen MR) is 58.9 cm³/mol. The molecule has 0 saturated heterocycles. The van der Waals surface area contributed by atoms with E-state index in [1.165, 1.54) is 25.3 Å². The van der Waals surface area contributed by atoms with E-state index in [1.54, 1.807) is 0 Å². The Morgan fingerprint density at radius 1 is 1.50 bits per heavy atom. The van der Waals surface area contributed by atoms with Gasteiger partial charge in [-0.05, 0) is 18.2 Å². The third-order valence-electron chi connectivity index (χ3n) is 1.86. The number of rotatable bonds is 4. The van der Waals surface area contributed by atoms with Crippen LogP contribution in [0.5, 0.6) is 0 Å². The summed E-state index contributed by atoms with van der Waals surface area (Å²) in [5, 5.41) is 11.8. The van der Waals surface area contributed by atoms with Crippen molar-refractivity contribution in [1.82, 2.24) is 0 Å². The molecule has 0 atom stereocenters. The Morgan fingerprint density at radius 2 is 2.19 bits per heavy atom. The maximum atomic E-state index is 10.9. The molecule has 0 amide bonds. The minimum atomic E-state index is -1.06. The van der Waals surface area contributed by atoms with Crippen LogP contribution in [0.25, 0.3) is 0 Å². The van der Waals surface area contributed by atoms with E-state index in [0.29, 0.717) is 10.7 Å². The van der Waals surface area contributed by atoms with E-state index in [1.807, 2.05) is 0 Å². The number of aromatic carboxylic acids is 1. The average molecular weight is 244 g/mol. The highest BCUT2D eigenvalue weighted by Gasteiger charge is 2.08. The third kappa shape index (κ3) is 3.13. The van der Waals surface area contributed by atoms with Crippen LogP contribution in [-0.2, 0) is 9.53 Å². The van der Waals surface area contributed by atoms with Crippen LogP contribution in [0.4, 0.5) is 5.69 Å². The number of benzene rings is 1. The first kappa shape index (κ1) is 12.3. The largest absolute Gasteiger partial charge is 0.478 e. The number of anilines is 1. The van der Waals surface area contributed by atoms with Gasteiger partial charge in [0.15, 0.2) is 0 Å². The van der Waals surface area contributed by atoms with Gasteiger partial charge in [0.25, 0.3) is 0 Å². The van der Waals surface area contributed by atoms with Crippen molar-refractivity contribution in [3.63, 3.8) is 0 Å². The van der Waals surface area contributed by atoms with Crippen molar-refractivity contribution in [2.75, 3.05) is 19.0 Å². The average Bonchev–Trinajstić information content (AvgIpc) is 2.27. The number of hydrogen-bond donors (Lipinski definition) is 2. The summed E-state index contributed by atoms with van der Waals surface area (Å²) >= 11 is 5.82. The molecule has 0 fully saturated rings. The lowest BCUT2D eigenvalue weighted by atomic mass is 10.2. The molecule has 0 radical (unpaired) electrons. The third-order valence-corrected chi connectivity index (χ3v) is 2.19. The van der Waals surface area contributed by atoms with Gasteiger partial charge in [-0.3, -0.25) is 4.79 Å². The molecule has 0 unspecified atom stereocenters. The van der Waals surface area contributed by atoms with E-state index in [-0.39, 0.29) is 12.1 Å². The fourth-order valence-electron chi connectivity index (χ4n) is 1.03. The van der Waals surface area contributed by atoms with Gasteiger partial charge in [-0.2, -0.15) is 0 Å². The lowest BCUT2D eigenvalue weighted by Crippen LogP contribution is -2.15. The first-order valence-corrected chi connectivity index (χ1v) is 4.76. The maximum Gasteiger partial charge on any atom is 0.335 e. The second-order valence-electron chi connectivity index (χ2n) is 2.93. The highest BCUT2D eigenvalue weighted by Crippen LogP contribution is 2.22. The van der Waals surface area contributed by atoms with Crippen LogP contribution in [0.3, 0.4) is 0 Å². The molecular formula is C10H10ClNO4. The van der Waals surface area contributed by atoms with Crippen molar-refractivity contribution in [2.24, 2.45) is 0 Å². The lowest BCUT2D eigenvalue weighted by Gasteiger charge is -2.07. The quantitative estimate of drug-likeness (QED) is 0.786. The van der Waals surface area contributed by atoms with Crippen LogP contribution in [0.1, 0.15) is 10.4 Å². The second kappa shape index (κ2) is 5.37. The van der Waals surface area contributed by atoms with Crippen molar-refractivity contribution < 1.29 is 19.4 Å². The Kier molecular flexibility index (Phi) is 4.13. The van der Waals surface area contributed by atoms with E-state index in [0.717, 1.165) is 0 Å². The molecule has 1 aromatic rings. The molecule has 0 spiro atoms. The van der Waals surface area contributed by atoms with E-state index < -0.39 is 11.9 Å². The molecule has 6 heteroatoms. The molecule has 1 rings (SSSR count).